The SMILES string of the molecule is NC(=O)/C=C(\O)CNc1ccc(-c2cccnc2OC2CCCC2)cc1. The number of aliphatic hydroxyl groups excluding tert-OH is 1. The smallest absolute Gasteiger partial charge is 0.244 e. The predicted octanol–water partition coefficient (Wildman–Crippen LogP) is 3.41. The third kappa shape index (κ3) is 4.75. The van der Waals surface area contributed by atoms with Crippen molar-refractivity contribution >= 4 is 11.6 Å². The van der Waals surface area contributed by atoms with Crippen molar-refractivity contribution in [1.82, 2.24) is 4.98 Å². The van der Waals surface area contributed by atoms with Crippen molar-refractivity contribution in [3.63, 3.8) is 0 Å². The van der Waals surface area contributed by atoms with Crippen molar-refractivity contribution in [2.24, 2.45) is 5.73 Å². The first-order valence-electron chi connectivity index (χ1n) is 8.77. The highest BCUT2D eigenvalue weighted by Crippen LogP contribution is 2.31. The highest BCUT2D eigenvalue weighted by atomic mass is 16.5. The number of carbonyl (C=O) groups excluding carboxylic acids is 1. The van der Waals surface area contributed by atoms with E-state index >= 15 is 0 Å². The van der Waals surface area contributed by atoms with Gasteiger partial charge in [-0.1, -0.05) is 12.1 Å². The Labute approximate surface area is 152 Å². The van der Waals surface area contributed by atoms with Gasteiger partial charge in [-0.15, -0.1) is 0 Å². The first-order chi connectivity index (χ1) is 12.6. The number of benzene rings is 1. The Morgan fingerprint density at radius 1 is 1.27 bits per heavy atom. The fraction of sp³-hybridized carbons (Fsp3) is 0.300. The number of amides is 1. The van der Waals surface area contributed by atoms with Crippen molar-refractivity contribution < 1.29 is 14.6 Å². The summed E-state index contributed by atoms with van der Waals surface area (Å²) < 4.78 is 6.10. The number of nitrogens with two attached hydrogens (primary N) is 1. The molecule has 1 aliphatic rings. The summed E-state index contributed by atoms with van der Waals surface area (Å²) in [5.41, 5.74) is 7.79. The van der Waals surface area contributed by atoms with Crippen molar-refractivity contribution in [3.8, 4) is 17.0 Å². The minimum absolute atomic E-state index is 0.110. The lowest BCUT2D eigenvalue weighted by Gasteiger charge is -2.15. The summed E-state index contributed by atoms with van der Waals surface area (Å²) in [4.78, 5) is 15.1. The number of hydrogen-bond acceptors (Lipinski definition) is 5. The van der Waals surface area contributed by atoms with Gasteiger partial charge in [-0.25, -0.2) is 4.98 Å². The number of aromatic nitrogens is 1. The van der Waals surface area contributed by atoms with E-state index in [0.29, 0.717) is 5.88 Å². The lowest BCUT2D eigenvalue weighted by molar-refractivity contribution is -0.113. The second kappa shape index (κ2) is 8.38. The summed E-state index contributed by atoms with van der Waals surface area (Å²) >= 11 is 0. The highest BCUT2D eigenvalue weighted by Gasteiger charge is 2.19. The van der Waals surface area contributed by atoms with Crippen LogP contribution in [-0.2, 0) is 4.79 Å². The van der Waals surface area contributed by atoms with Gasteiger partial charge >= 0.3 is 0 Å². The summed E-state index contributed by atoms with van der Waals surface area (Å²) in [5.74, 6) is -0.116. The Morgan fingerprint density at radius 2 is 2.00 bits per heavy atom. The number of ether oxygens (including phenoxy) is 1. The molecule has 0 spiro atoms. The van der Waals surface area contributed by atoms with E-state index in [-0.39, 0.29) is 18.4 Å². The van der Waals surface area contributed by atoms with E-state index in [1.54, 1.807) is 6.20 Å². The van der Waals surface area contributed by atoms with Gasteiger partial charge in [0.15, 0.2) is 0 Å². The zero-order chi connectivity index (χ0) is 18.4. The molecule has 0 unspecified atom stereocenters. The normalized spacial score (nSPS) is 15.0. The summed E-state index contributed by atoms with van der Waals surface area (Å²) in [6.45, 7) is 0.130. The number of pyridine rings is 1. The maximum atomic E-state index is 10.7. The summed E-state index contributed by atoms with van der Waals surface area (Å²) in [5, 5.41) is 12.6. The average molecular weight is 353 g/mol. The Hall–Kier alpha value is -3.02. The van der Waals surface area contributed by atoms with Crippen LogP contribution in [0.5, 0.6) is 5.88 Å². The molecular formula is C20H23N3O3. The molecule has 136 valence electrons. The Morgan fingerprint density at radius 3 is 2.69 bits per heavy atom. The minimum Gasteiger partial charge on any atom is -0.510 e. The van der Waals surface area contributed by atoms with Gasteiger partial charge in [0, 0.05) is 23.5 Å². The summed E-state index contributed by atoms with van der Waals surface area (Å²) in [6, 6.07) is 11.6. The number of hydrogen-bond donors (Lipinski definition) is 3. The van der Waals surface area contributed by atoms with E-state index in [1.807, 2.05) is 36.4 Å². The molecular weight excluding hydrogens is 330 g/mol. The van der Waals surface area contributed by atoms with Crippen LogP contribution >= 0.6 is 0 Å². The van der Waals surface area contributed by atoms with Gasteiger partial charge < -0.3 is 20.9 Å². The van der Waals surface area contributed by atoms with Crippen molar-refractivity contribution in [2.45, 2.75) is 31.8 Å². The number of rotatable bonds is 7. The molecule has 4 N–H and O–H groups in total. The maximum absolute atomic E-state index is 10.7. The van der Waals surface area contributed by atoms with E-state index in [4.69, 9.17) is 10.5 Å². The Balaban J connectivity index is 1.69. The Bertz CT molecular complexity index is 781. The molecule has 0 bridgehead atoms. The van der Waals surface area contributed by atoms with E-state index in [1.165, 1.54) is 12.8 Å². The molecule has 1 aromatic carbocycles. The molecule has 1 saturated carbocycles. The standard InChI is InChI=1S/C20H23N3O3/c21-19(25)12-16(24)13-23-15-9-7-14(8-10-15)18-6-3-11-22-20(18)26-17-4-1-2-5-17/h3,6-12,17,23-24H,1-2,4-5,13H2,(H2,21,25)/b16-12-. The van der Waals surface area contributed by atoms with E-state index in [9.17, 15) is 9.90 Å². The van der Waals surface area contributed by atoms with Gasteiger partial charge in [0.25, 0.3) is 0 Å². The Kier molecular flexibility index (Phi) is 5.73. The number of primary amides is 1. The number of nitrogens with one attached hydrogen (secondary N) is 1. The second-order valence-electron chi connectivity index (χ2n) is 6.35. The van der Waals surface area contributed by atoms with Gasteiger partial charge in [-0.05, 0) is 55.5 Å². The zero-order valence-corrected chi connectivity index (χ0v) is 14.5. The van der Waals surface area contributed by atoms with Crippen LogP contribution in [0.25, 0.3) is 11.1 Å². The molecule has 6 nitrogen and oxygen atoms in total. The van der Waals surface area contributed by atoms with E-state index in [0.717, 1.165) is 35.7 Å². The predicted molar refractivity (Wildman–Crippen MR) is 101 cm³/mol. The molecule has 0 saturated heterocycles. The number of nitrogens with zero attached hydrogens (tertiary/aromatic N) is 1. The molecule has 1 fully saturated rings. The van der Waals surface area contributed by atoms with Crippen LogP contribution < -0.4 is 15.8 Å². The van der Waals surface area contributed by atoms with Crippen LogP contribution in [0.4, 0.5) is 5.69 Å². The van der Waals surface area contributed by atoms with Gasteiger partial charge in [-0.3, -0.25) is 4.79 Å². The molecule has 0 aliphatic heterocycles. The number of carbonyl (C=O) groups is 1. The van der Waals surface area contributed by atoms with Crippen LogP contribution in [-0.4, -0.2) is 28.6 Å². The highest BCUT2D eigenvalue weighted by molar-refractivity contribution is 5.86. The lowest BCUT2D eigenvalue weighted by atomic mass is 10.1. The third-order valence-electron chi connectivity index (χ3n) is 4.33. The van der Waals surface area contributed by atoms with Gasteiger partial charge in [0.05, 0.1) is 6.54 Å². The minimum atomic E-state index is -0.675. The quantitative estimate of drug-likeness (QED) is 0.523. The van der Waals surface area contributed by atoms with E-state index < -0.39 is 5.91 Å². The van der Waals surface area contributed by atoms with Crippen LogP contribution in [0.2, 0.25) is 0 Å². The van der Waals surface area contributed by atoms with Crippen molar-refractivity contribution in [2.75, 3.05) is 11.9 Å². The van der Waals surface area contributed by atoms with Crippen molar-refractivity contribution in [1.29, 1.82) is 0 Å². The molecule has 1 amide bonds. The van der Waals surface area contributed by atoms with Crippen LogP contribution in [0.15, 0.2) is 54.4 Å². The second-order valence-corrected chi connectivity index (χ2v) is 6.35. The molecule has 26 heavy (non-hydrogen) atoms. The monoisotopic (exact) mass is 353 g/mol. The number of aliphatic hydroxyl groups is 1. The first kappa shape index (κ1) is 17.8. The average Bonchev–Trinajstić information content (AvgIpc) is 3.13. The maximum Gasteiger partial charge on any atom is 0.244 e. The van der Waals surface area contributed by atoms with E-state index in [2.05, 4.69) is 10.3 Å². The third-order valence-corrected chi connectivity index (χ3v) is 4.33. The van der Waals surface area contributed by atoms with Gasteiger partial charge in [0.1, 0.15) is 11.9 Å². The van der Waals surface area contributed by atoms with Crippen LogP contribution in [0, 0.1) is 0 Å². The first-order valence-corrected chi connectivity index (χ1v) is 8.77. The molecule has 0 atom stereocenters. The van der Waals surface area contributed by atoms with Crippen LogP contribution in [0.3, 0.4) is 0 Å². The molecule has 3 rings (SSSR count). The fourth-order valence-electron chi connectivity index (χ4n) is 3.04. The van der Waals surface area contributed by atoms with Crippen molar-refractivity contribution in [3.05, 3.63) is 54.4 Å². The molecule has 1 heterocycles. The zero-order valence-electron chi connectivity index (χ0n) is 14.5. The molecule has 1 aliphatic carbocycles. The van der Waals surface area contributed by atoms with Crippen LogP contribution in [0.1, 0.15) is 25.7 Å². The molecule has 0 radical (unpaired) electrons. The van der Waals surface area contributed by atoms with Gasteiger partial charge in [0.2, 0.25) is 11.8 Å². The topological polar surface area (TPSA) is 97.5 Å². The molecule has 2 aromatic rings. The summed E-state index contributed by atoms with van der Waals surface area (Å²) in [7, 11) is 0. The molecule has 6 heteroatoms. The summed E-state index contributed by atoms with van der Waals surface area (Å²) in [6.07, 6.45) is 7.59. The lowest BCUT2D eigenvalue weighted by Crippen LogP contribution is -2.12. The largest absolute Gasteiger partial charge is 0.510 e. The molecule has 1 aromatic heterocycles. The number of anilines is 1. The fourth-order valence-corrected chi connectivity index (χ4v) is 3.04. The van der Waals surface area contributed by atoms with Gasteiger partial charge in [-0.2, -0.15) is 0 Å².